The number of fused-ring (bicyclic) bond motifs is 2. The Labute approximate surface area is 234 Å². The number of hydrogen-bond donors (Lipinski definition) is 3. The van der Waals surface area contributed by atoms with Gasteiger partial charge < -0.3 is 21.3 Å². The van der Waals surface area contributed by atoms with Gasteiger partial charge in [0.2, 0.25) is 0 Å². The van der Waals surface area contributed by atoms with Gasteiger partial charge in [0, 0.05) is 29.7 Å². The number of thiazole rings is 1. The van der Waals surface area contributed by atoms with E-state index in [9.17, 15) is 4.79 Å². The summed E-state index contributed by atoms with van der Waals surface area (Å²) in [5, 5.41) is 9.00. The molecule has 4 N–H and O–H groups in total. The van der Waals surface area contributed by atoms with Crippen molar-refractivity contribution in [2.45, 2.75) is 13.1 Å². The molecule has 0 unspecified atom stereocenters. The van der Waals surface area contributed by atoms with Crippen molar-refractivity contribution in [1.29, 1.82) is 0 Å². The zero-order chi connectivity index (χ0) is 27.1. The molecule has 40 heavy (non-hydrogen) atoms. The minimum Gasteiger partial charge on any atom is -0.397 e. The first kappa shape index (κ1) is 23.9. The number of nitrogens with two attached hydrogens (primary N) is 1. The van der Waals surface area contributed by atoms with Crippen molar-refractivity contribution in [2.75, 3.05) is 21.3 Å². The number of amides is 1. The van der Waals surface area contributed by atoms with E-state index >= 15 is 0 Å². The number of imidazole rings is 1. The third-order valence-corrected chi connectivity index (χ3v) is 7.81. The highest BCUT2D eigenvalue weighted by Crippen LogP contribution is 2.33. The number of hydrogen-bond acceptors (Lipinski definition) is 7. The third-order valence-electron chi connectivity index (χ3n) is 7.05. The number of nitrogen functional groups attached to an aromatic ring is 1. The molecule has 196 valence electrons. The number of benzene rings is 3. The van der Waals surface area contributed by atoms with Crippen molar-refractivity contribution in [3.05, 3.63) is 119 Å². The zero-order valence-corrected chi connectivity index (χ0v) is 22.2. The molecule has 0 saturated heterocycles. The Balaban J connectivity index is 1.10. The average Bonchev–Trinajstić information content (AvgIpc) is 3.72. The van der Waals surface area contributed by atoms with Crippen molar-refractivity contribution >= 4 is 50.9 Å². The van der Waals surface area contributed by atoms with E-state index in [4.69, 9.17) is 10.7 Å². The Morgan fingerprint density at radius 3 is 2.40 bits per heavy atom. The first-order valence-corrected chi connectivity index (χ1v) is 13.8. The third kappa shape index (κ3) is 4.42. The van der Waals surface area contributed by atoms with Crippen LogP contribution < -0.4 is 21.3 Å². The second kappa shape index (κ2) is 9.87. The van der Waals surface area contributed by atoms with Gasteiger partial charge >= 0.3 is 0 Å². The fourth-order valence-corrected chi connectivity index (χ4v) is 5.75. The Kier molecular flexibility index (Phi) is 5.90. The fraction of sp³-hybridized carbons (Fsp3) is 0.0645. The van der Waals surface area contributed by atoms with Gasteiger partial charge in [-0.15, -0.1) is 11.3 Å². The Bertz CT molecular complexity index is 1830. The molecule has 4 heterocycles. The van der Waals surface area contributed by atoms with Gasteiger partial charge in [-0.05, 0) is 59.7 Å². The molecule has 1 amide bonds. The van der Waals surface area contributed by atoms with E-state index < -0.39 is 0 Å². The summed E-state index contributed by atoms with van der Waals surface area (Å²) in [7, 11) is 0. The smallest absolute Gasteiger partial charge is 0.255 e. The highest BCUT2D eigenvalue weighted by molar-refractivity contribution is 7.14. The summed E-state index contributed by atoms with van der Waals surface area (Å²) in [6.07, 6.45) is 1.88. The number of nitrogens with one attached hydrogen (secondary N) is 2. The van der Waals surface area contributed by atoms with Gasteiger partial charge in [-0.1, -0.05) is 42.5 Å². The van der Waals surface area contributed by atoms with Crippen molar-refractivity contribution < 1.29 is 4.79 Å². The minimum absolute atomic E-state index is 0.217. The lowest BCUT2D eigenvalue weighted by Crippen LogP contribution is -2.18. The molecule has 0 bridgehead atoms. The molecule has 8 nitrogen and oxygen atoms in total. The number of carbonyl (C=O) groups is 1. The monoisotopic (exact) mass is 543 g/mol. The molecule has 0 spiro atoms. The second-order valence-corrected chi connectivity index (χ2v) is 10.5. The summed E-state index contributed by atoms with van der Waals surface area (Å²) >= 11 is 1.52. The maximum Gasteiger partial charge on any atom is 0.255 e. The molecule has 9 heteroatoms. The average molecular weight is 544 g/mol. The van der Waals surface area contributed by atoms with Crippen LogP contribution in [-0.2, 0) is 13.1 Å². The molecule has 7 rings (SSSR count). The highest BCUT2D eigenvalue weighted by Gasteiger charge is 2.22. The molecule has 3 aromatic heterocycles. The number of rotatable bonds is 6. The van der Waals surface area contributed by atoms with Crippen molar-refractivity contribution in [2.24, 2.45) is 0 Å². The van der Waals surface area contributed by atoms with Crippen LogP contribution in [0.4, 0.5) is 28.0 Å². The second-order valence-electron chi connectivity index (χ2n) is 9.63. The van der Waals surface area contributed by atoms with E-state index in [1.807, 2.05) is 41.9 Å². The molecule has 6 aromatic rings. The summed E-state index contributed by atoms with van der Waals surface area (Å²) in [5.74, 6) is 0.875. The van der Waals surface area contributed by atoms with Crippen LogP contribution in [0.1, 0.15) is 21.5 Å². The topological polar surface area (TPSA) is 101 Å². The summed E-state index contributed by atoms with van der Waals surface area (Å²) in [6.45, 7) is 1.73. The molecule has 0 atom stereocenters. The lowest BCUT2D eigenvalue weighted by molar-refractivity contribution is 0.102. The van der Waals surface area contributed by atoms with E-state index in [1.165, 1.54) is 22.5 Å². The minimum atomic E-state index is -0.217. The maximum absolute atomic E-state index is 12.7. The molecule has 1 aliphatic rings. The molecule has 0 saturated carbocycles. The van der Waals surface area contributed by atoms with Gasteiger partial charge in [0.25, 0.3) is 5.91 Å². The number of pyridine rings is 1. The summed E-state index contributed by atoms with van der Waals surface area (Å²) in [5.41, 5.74) is 13.8. The SMILES string of the molecule is Nc1ccccc1NC(=O)c1ccc(Nc2nc(-c3cnc4cccc(N5Cc6ccccc6C5)n34)cs2)cc1. The lowest BCUT2D eigenvalue weighted by Gasteiger charge is -2.20. The van der Waals surface area contributed by atoms with Crippen LogP contribution >= 0.6 is 11.3 Å². The predicted molar refractivity (Wildman–Crippen MR) is 161 cm³/mol. The van der Waals surface area contributed by atoms with Crippen molar-refractivity contribution in [1.82, 2.24) is 14.4 Å². The number of anilines is 5. The molecule has 0 aliphatic carbocycles. The fourth-order valence-electron chi connectivity index (χ4n) is 5.02. The van der Waals surface area contributed by atoms with Crippen molar-refractivity contribution in [3.63, 3.8) is 0 Å². The molecular formula is C31H25N7OS. The lowest BCUT2D eigenvalue weighted by atomic mass is 10.1. The molecule has 3 aromatic carbocycles. The van der Waals surface area contributed by atoms with E-state index in [0.717, 1.165) is 46.8 Å². The molecule has 0 fully saturated rings. The largest absolute Gasteiger partial charge is 0.397 e. The molecule has 0 radical (unpaired) electrons. The van der Waals surface area contributed by atoms with E-state index in [1.54, 1.807) is 24.3 Å². The number of aromatic nitrogens is 3. The van der Waals surface area contributed by atoms with Gasteiger partial charge in [-0.25, -0.2) is 9.97 Å². The van der Waals surface area contributed by atoms with Gasteiger partial charge in [-0.3, -0.25) is 9.20 Å². The van der Waals surface area contributed by atoms with Crippen LogP contribution in [0.5, 0.6) is 0 Å². The van der Waals surface area contributed by atoms with Crippen LogP contribution in [0.3, 0.4) is 0 Å². The predicted octanol–water partition coefficient (Wildman–Crippen LogP) is 6.56. The maximum atomic E-state index is 12.7. The number of nitrogens with zero attached hydrogens (tertiary/aromatic N) is 4. The van der Waals surface area contributed by atoms with Crippen LogP contribution in [0.15, 0.2) is 103 Å². The van der Waals surface area contributed by atoms with Gasteiger partial charge in [-0.2, -0.15) is 0 Å². The van der Waals surface area contributed by atoms with Gasteiger partial charge in [0.15, 0.2) is 5.13 Å². The summed E-state index contributed by atoms with van der Waals surface area (Å²) in [6, 6.07) is 29.3. The van der Waals surface area contributed by atoms with Gasteiger partial charge in [0.1, 0.15) is 17.2 Å². The van der Waals surface area contributed by atoms with Crippen molar-refractivity contribution in [3.8, 4) is 11.4 Å². The molecule has 1 aliphatic heterocycles. The van der Waals surface area contributed by atoms with Crippen LogP contribution in [0.2, 0.25) is 0 Å². The quantitative estimate of drug-likeness (QED) is 0.206. The van der Waals surface area contributed by atoms with E-state index in [0.29, 0.717) is 16.9 Å². The van der Waals surface area contributed by atoms with Crippen LogP contribution in [0.25, 0.3) is 17.0 Å². The number of para-hydroxylation sites is 2. The Morgan fingerprint density at radius 2 is 1.62 bits per heavy atom. The van der Waals surface area contributed by atoms with Gasteiger partial charge in [0.05, 0.1) is 23.3 Å². The summed E-state index contributed by atoms with van der Waals surface area (Å²) < 4.78 is 2.18. The van der Waals surface area contributed by atoms with E-state index in [2.05, 4.69) is 61.3 Å². The number of carbonyl (C=O) groups excluding carboxylic acids is 1. The first-order valence-electron chi connectivity index (χ1n) is 12.9. The normalized spacial score (nSPS) is 12.4. The van der Waals surface area contributed by atoms with E-state index in [-0.39, 0.29) is 5.91 Å². The first-order chi connectivity index (χ1) is 19.6. The Hall–Kier alpha value is -5.15. The highest BCUT2D eigenvalue weighted by atomic mass is 32.1. The Morgan fingerprint density at radius 1 is 0.875 bits per heavy atom. The van der Waals surface area contributed by atoms with Crippen LogP contribution in [0, 0.1) is 0 Å². The standard InChI is InChI=1S/C31H25N7OS/c32-24-8-3-4-9-25(24)35-30(39)20-12-14-23(15-13-20)34-31-36-26(19-40-31)27-16-33-28-10-5-11-29(38(27)28)37-17-21-6-1-2-7-22(21)18-37/h1-16,19H,17-18,32H2,(H,34,36)(H,35,39). The summed E-state index contributed by atoms with van der Waals surface area (Å²) in [4.78, 5) is 24.6. The molecular weight excluding hydrogens is 518 g/mol. The zero-order valence-electron chi connectivity index (χ0n) is 21.4. The van der Waals surface area contributed by atoms with Crippen LogP contribution in [-0.4, -0.2) is 20.3 Å².